The van der Waals surface area contributed by atoms with Crippen molar-refractivity contribution in [3.63, 3.8) is 0 Å². The molecule has 0 rings (SSSR count). The number of carbonyl (C=O) groups is 3. The lowest BCUT2D eigenvalue weighted by molar-refractivity contribution is -0.167. The topological polar surface area (TPSA) is 78.9 Å². The van der Waals surface area contributed by atoms with Gasteiger partial charge >= 0.3 is 17.9 Å². The minimum Gasteiger partial charge on any atom is -0.462 e. The van der Waals surface area contributed by atoms with Gasteiger partial charge in [-0.15, -0.1) is 0 Å². The van der Waals surface area contributed by atoms with Crippen LogP contribution in [0.4, 0.5) is 0 Å². The Hall–Kier alpha value is -2.37. The number of allylic oxidation sites excluding steroid dienone is 6. The van der Waals surface area contributed by atoms with Gasteiger partial charge in [-0.05, 0) is 77.0 Å². The van der Waals surface area contributed by atoms with E-state index in [1.165, 1.54) is 250 Å². The quantitative estimate of drug-likeness (QED) is 0.0261. The Morgan fingerprint density at radius 2 is 0.486 bits per heavy atom. The molecule has 0 amide bonds. The van der Waals surface area contributed by atoms with Crippen molar-refractivity contribution in [3.05, 3.63) is 36.5 Å². The summed E-state index contributed by atoms with van der Waals surface area (Å²) in [5.74, 6) is -0.855. The van der Waals surface area contributed by atoms with Gasteiger partial charge in [-0.25, -0.2) is 0 Å². The molecule has 0 aliphatic carbocycles. The van der Waals surface area contributed by atoms with E-state index >= 15 is 0 Å². The minimum absolute atomic E-state index is 0.0714. The molecule has 0 saturated heterocycles. The second-order valence-electron chi connectivity index (χ2n) is 22.4. The van der Waals surface area contributed by atoms with Crippen LogP contribution in [-0.4, -0.2) is 37.2 Å². The molecule has 0 aromatic heterocycles. The van der Waals surface area contributed by atoms with E-state index in [1.807, 2.05) is 0 Å². The summed E-state index contributed by atoms with van der Waals surface area (Å²) in [6, 6.07) is 0. The van der Waals surface area contributed by atoms with Gasteiger partial charge in [-0.3, -0.25) is 14.4 Å². The Morgan fingerprint density at radius 1 is 0.270 bits per heavy atom. The lowest BCUT2D eigenvalue weighted by atomic mass is 10.0. The van der Waals surface area contributed by atoms with E-state index in [-0.39, 0.29) is 31.1 Å². The Kier molecular flexibility index (Phi) is 61.1. The Labute approximate surface area is 461 Å². The maximum absolute atomic E-state index is 12.9. The molecule has 1 atom stereocenters. The predicted octanol–water partition coefficient (Wildman–Crippen LogP) is 22.4. The molecule has 0 fully saturated rings. The van der Waals surface area contributed by atoms with Gasteiger partial charge in [-0.2, -0.15) is 0 Å². The third kappa shape index (κ3) is 60.5. The molecular weight excluding hydrogens is 913 g/mol. The van der Waals surface area contributed by atoms with Gasteiger partial charge in [0.2, 0.25) is 0 Å². The molecule has 0 aromatic rings. The van der Waals surface area contributed by atoms with Crippen LogP contribution in [0.3, 0.4) is 0 Å². The number of esters is 3. The van der Waals surface area contributed by atoms with Crippen LogP contribution in [0.15, 0.2) is 36.5 Å². The predicted molar refractivity (Wildman–Crippen MR) is 321 cm³/mol. The van der Waals surface area contributed by atoms with Crippen molar-refractivity contribution in [2.75, 3.05) is 13.2 Å². The maximum atomic E-state index is 12.9. The van der Waals surface area contributed by atoms with Crippen molar-refractivity contribution < 1.29 is 28.6 Å². The average Bonchev–Trinajstić information content (AvgIpc) is 3.40. The van der Waals surface area contributed by atoms with E-state index in [1.54, 1.807) is 0 Å². The van der Waals surface area contributed by atoms with Gasteiger partial charge in [0.05, 0.1) is 0 Å². The maximum Gasteiger partial charge on any atom is 0.306 e. The number of ether oxygens (including phenoxy) is 3. The van der Waals surface area contributed by atoms with Crippen LogP contribution in [-0.2, 0) is 28.6 Å². The first-order valence-corrected chi connectivity index (χ1v) is 33.0. The fourth-order valence-electron chi connectivity index (χ4n) is 9.88. The first-order chi connectivity index (χ1) is 36.5. The smallest absolute Gasteiger partial charge is 0.306 e. The van der Waals surface area contributed by atoms with E-state index in [0.717, 1.165) is 70.6 Å². The molecule has 0 aromatic carbocycles. The van der Waals surface area contributed by atoms with Crippen LogP contribution in [0.1, 0.15) is 361 Å². The normalized spacial score (nSPS) is 12.2. The zero-order valence-electron chi connectivity index (χ0n) is 49.9. The highest BCUT2D eigenvalue weighted by atomic mass is 16.6. The van der Waals surface area contributed by atoms with Crippen LogP contribution in [0.25, 0.3) is 0 Å². The van der Waals surface area contributed by atoms with Gasteiger partial charge in [0, 0.05) is 19.3 Å². The molecule has 0 heterocycles. The van der Waals surface area contributed by atoms with Gasteiger partial charge in [-0.1, -0.05) is 301 Å². The minimum atomic E-state index is -0.774. The molecule has 74 heavy (non-hydrogen) atoms. The van der Waals surface area contributed by atoms with Crippen molar-refractivity contribution in [1.29, 1.82) is 0 Å². The van der Waals surface area contributed by atoms with Crippen molar-refractivity contribution in [1.82, 2.24) is 0 Å². The average molecular weight is 1040 g/mol. The summed E-state index contributed by atoms with van der Waals surface area (Å²) in [6.45, 7) is 6.67. The SMILES string of the molecule is CCCCC/C=C\C/C=C\CCCCCCCCCC(=O)OCC(COC(=O)CCCCCCCCCCC/C=C\CCCCCCCCCC)OC(=O)CCCCCCCCCCCCCCCCCCCC. The summed E-state index contributed by atoms with van der Waals surface area (Å²) >= 11 is 0. The van der Waals surface area contributed by atoms with Crippen molar-refractivity contribution in [2.45, 2.75) is 367 Å². The molecule has 0 saturated carbocycles. The van der Waals surface area contributed by atoms with Crippen molar-refractivity contribution >= 4 is 17.9 Å². The van der Waals surface area contributed by atoms with Gasteiger partial charge in [0.25, 0.3) is 0 Å². The highest BCUT2D eigenvalue weighted by molar-refractivity contribution is 5.71. The summed E-state index contributed by atoms with van der Waals surface area (Å²) in [5.41, 5.74) is 0. The van der Waals surface area contributed by atoms with E-state index in [2.05, 4.69) is 57.2 Å². The standard InChI is InChI=1S/C68H126O6/c1-4-7-10-13-16-19-22-25-28-31-33-34-35-38-40-43-46-49-52-55-58-61-67(70)73-64-65(63-72-66(69)60-57-54-51-48-45-42-39-36-30-27-24-21-18-15-12-9-6-3)74-68(71)62-59-56-53-50-47-44-41-37-32-29-26-23-20-17-14-11-8-5-2/h18,21,27,30-31,33,65H,4-17,19-20,22-26,28-29,32,34-64H2,1-3H3/b21-18-,30-27-,33-31-. The molecule has 6 nitrogen and oxygen atoms in total. The fourth-order valence-corrected chi connectivity index (χ4v) is 9.88. The fraction of sp³-hybridized carbons (Fsp3) is 0.868. The summed E-state index contributed by atoms with van der Waals surface area (Å²) in [4.78, 5) is 38.4. The second-order valence-corrected chi connectivity index (χ2v) is 22.4. The number of rotatable bonds is 61. The highest BCUT2D eigenvalue weighted by Crippen LogP contribution is 2.18. The molecule has 6 heteroatoms. The first-order valence-electron chi connectivity index (χ1n) is 33.0. The Bertz CT molecular complexity index is 1240. The van der Waals surface area contributed by atoms with Crippen molar-refractivity contribution in [2.24, 2.45) is 0 Å². The Balaban J connectivity index is 4.33. The number of hydrogen-bond acceptors (Lipinski definition) is 6. The second kappa shape index (κ2) is 63.2. The number of carbonyl (C=O) groups excluding carboxylic acids is 3. The molecule has 0 aliphatic heterocycles. The monoisotopic (exact) mass is 1040 g/mol. The molecule has 1 unspecified atom stereocenters. The van der Waals surface area contributed by atoms with Gasteiger partial charge < -0.3 is 14.2 Å². The molecule has 0 aliphatic rings. The summed E-state index contributed by atoms with van der Waals surface area (Å²) in [5, 5.41) is 0. The van der Waals surface area contributed by atoms with E-state index in [4.69, 9.17) is 14.2 Å². The zero-order valence-corrected chi connectivity index (χ0v) is 49.9. The van der Waals surface area contributed by atoms with E-state index in [9.17, 15) is 14.4 Å². The summed E-state index contributed by atoms with van der Waals surface area (Å²) in [7, 11) is 0. The summed E-state index contributed by atoms with van der Waals surface area (Å²) < 4.78 is 17.0. The van der Waals surface area contributed by atoms with Crippen LogP contribution in [0.2, 0.25) is 0 Å². The molecule has 0 radical (unpaired) electrons. The number of unbranched alkanes of at least 4 members (excludes halogenated alkanes) is 44. The molecule has 0 spiro atoms. The third-order valence-electron chi connectivity index (χ3n) is 14.9. The lowest BCUT2D eigenvalue weighted by Gasteiger charge is -2.18. The highest BCUT2D eigenvalue weighted by Gasteiger charge is 2.19. The first kappa shape index (κ1) is 71.6. The molecule has 0 N–H and O–H groups in total. The van der Waals surface area contributed by atoms with E-state index < -0.39 is 6.10 Å². The van der Waals surface area contributed by atoms with Gasteiger partial charge in [0.1, 0.15) is 13.2 Å². The molecule has 0 bridgehead atoms. The van der Waals surface area contributed by atoms with E-state index in [0.29, 0.717) is 19.3 Å². The van der Waals surface area contributed by atoms with Crippen LogP contribution in [0, 0.1) is 0 Å². The third-order valence-corrected chi connectivity index (χ3v) is 14.9. The largest absolute Gasteiger partial charge is 0.462 e. The lowest BCUT2D eigenvalue weighted by Crippen LogP contribution is -2.30. The van der Waals surface area contributed by atoms with Crippen LogP contribution < -0.4 is 0 Å². The van der Waals surface area contributed by atoms with Crippen molar-refractivity contribution in [3.8, 4) is 0 Å². The van der Waals surface area contributed by atoms with Crippen LogP contribution >= 0.6 is 0 Å². The van der Waals surface area contributed by atoms with Gasteiger partial charge in [0.15, 0.2) is 6.10 Å². The van der Waals surface area contributed by atoms with Crippen LogP contribution in [0.5, 0.6) is 0 Å². The zero-order chi connectivity index (χ0) is 53.6. The Morgan fingerprint density at radius 3 is 0.784 bits per heavy atom. The number of hydrogen-bond donors (Lipinski definition) is 0. The molecular formula is C68H126O6. The molecule has 434 valence electrons. The summed E-state index contributed by atoms with van der Waals surface area (Å²) in [6.07, 6.45) is 77.2.